The van der Waals surface area contributed by atoms with E-state index in [2.05, 4.69) is 10.3 Å². The molecule has 9 heteroatoms. The summed E-state index contributed by atoms with van der Waals surface area (Å²) in [5, 5.41) is 3.18. The Morgan fingerprint density at radius 1 is 1.29 bits per heavy atom. The van der Waals surface area contributed by atoms with Gasteiger partial charge in [0.15, 0.2) is 12.2 Å². The zero-order valence-corrected chi connectivity index (χ0v) is 14.1. The highest BCUT2D eigenvalue weighted by molar-refractivity contribution is 7.18. The Bertz CT molecular complexity index is 772. The lowest BCUT2D eigenvalue weighted by Crippen LogP contribution is -2.18. The summed E-state index contributed by atoms with van der Waals surface area (Å²) in [6.07, 6.45) is 0.126. The van der Waals surface area contributed by atoms with Crippen molar-refractivity contribution in [3.63, 3.8) is 0 Å². The van der Waals surface area contributed by atoms with Crippen molar-refractivity contribution in [3.8, 4) is 5.75 Å². The molecular weight excluding hydrogens is 334 g/mol. The first-order valence-corrected chi connectivity index (χ1v) is 7.84. The van der Waals surface area contributed by atoms with Crippen LogP contribution in [0.4, 0.5) is 14.9 Å². The third-order valence-corrected chi connectivity index (χ3v) is 3.65. The second-order valence-corrected chi connectivity index (χ2v) is 5.98. The predicted octanol–water partition coefficient (Wildman–Crippen LogP) is 3.36. The smallest absolute Gasteiger partial charge is 0.431 e. The average Bonchev–Trinajstić information content (AvgIpc) is 2.95. The molecular formula is C15H16N3O5S+. The second kappa shape index (κ2) is 7.64. The molecule has 2 rings (SSSR count). The van der Waals surface area contributed by atoms with E-state index in [0.717, 1.165) is 11.3 Å². The Balaban J connectivity index is 2.14. The van der Waals surface area contributed by atoms with Crippen LogP contribution >= 0.6 is 11.3 Å². The molecule has 0 bridgehead atoms. The number of rotatable bonds is 5. The van der Waals surface area contributed by atoms with E-state index in [0.29, 0.717) is 9.76 Å². The number of aromatic nitrogens is 1. The van der Waals surface area contributed by atoms with Gasteiger partial charge in [-0.1, -0.05) is 12.1 Å². The molecule has 8 nitrogen and oxygen atoms in total. The van der Waals surface area contributed by atoms with E-state index >= 15 is 0 Å². The van der Waals surface area contributed by atoms with Crippen LogP contribution in [0.25, 0.3) is 0 Å². The predicted molar refractivity (Wildman–Crippen MR) is 88.0 cm³/mol. The number of hydrogen-bond acceptors (Lipinski definition) is 7. The van der Waals surface area contributed by atoms with E-state index < -0.39 is 12.1 Å². The van der Waals surface area contributed by atoms with Crippen LogP contribution in [-0.2, 0) is 4.74 Å². The minimum absolute atomic E-state index is 0.0679. The summed E-state index contributed by atoms with van der Waals surface area (Å²) in [5.74, 6) is -0.448. The number of thiazole rings is 1. The maximum Gasteiger partial charge on any atom is 0.514 e. The van der Waals surface area contributed by atoms with Crippen molar-refractivity contribution in [3.05, 3.63) is 40.9 Å². The topological polar surface area (TPSA) is 97.6 Å². The lowest BCUT2D eigenvalue weighted by Gasteiger charge is -2.11. The number of para-hydroxylation sites is 1. The number of hydrogen-bond donors (Lipinski definition) is 1. The van der Waals surface area contributed by atoms with Gasteiger partial charge in [0, 0.05) is 9.67 Å². The van der Waals surface area contributed by atoms with Gasteiger partial charge in [-0.05, 0) is 37.3 Å². The molecule has 0 saturated heterocycles. The lowest BCUT2D eigenvalue weighted by molar-refractivity contribution is -0.424. The maximum atomic E-state index is 12.3. The molecule has 1 aromatic carbocycles. The Morgan fingerprint density at radius 3 is 2.62 bits per heavy atom. The van der Waals surface area contributed by atoms with Crippen molar-refractivity contribution in [1.82, 2.24) is 4.98 Å². The molecule has 1 aromatic heterocycles. The Hall–Kier alpha value is -2.81. The molecule has 0 unspecified atom stereocenters. The molecule has 0 saturated carbocycles. The number of nitrogens with zero attached hydrogens (tertiary/aromatic N) is 2. The second-order valence-electron chi connectivity index (χ2n) is 4.97. The largest absolute Gasteiger partial charge is 0.514 e. The quantitative estimate of drug-likeness (QED) is 0.504. The van der Waals surface area contributed by atoms with Gasteiger partial charge in [-0.3, -0.25) is 10.1 Å². The normalized spacial score (nSPS) is 10.3. The van der Waals surface area contributed by atoms with E-state index in [1.807, 2.05) is 0 Å². The molecule has 0 aliphatic rings. The molecule has 24 heavy (non-hydrogen) atoms. The van der Waals surface area contributed by atoms with Crippen LogP contribution in [-0.4, -0.2) is 35.0 Å². The van der Waals surface area contributed by atoms with E-state index in [4.69, 9.17) is 9.47 Å². The van der Waals surface area contributed by atoms with Crippen LogP contribution in [0.1, 0.15) is 24.2 Å². The highest BCUT2D eigenvalue weighted by Crippen LogP contribution is 2.26. The van der Waals surface area contributed by atoms with Crippen molar-refractivity contribution in [2.75, 3.05) is 12.4 Å². The Labute approximate surface area is 142 Å². The fourth-order valence-electron chi connectivity index (χ4n) is 1.68. The lowest BCUT2D eigenvalue weighted by atomic mass is 10.2. The van der Waals surface area contributed by atoms with E-state index in [9.17, 15) is 14.5 Å². The average molecular weight is 350 g/mol. The van der Waals surface area contributed by atoms with Crippen molar-refractivity contribution in [2.45, 2.75) is 20.0 Å². The van der Waals surface area contributed by atoms with Crippen LogP contribution in [0.3, 0.4) is 0 Å². The summed E-state index contributed by atoms with van der Waals surface area (Å²) < 4.78 is 10.6. The summed E-state index contributed by atoms with van der Waals surface area (Å²) in [7, 11) is 1.34. The van der Waals surface area contributed by atoms with Crippen LogP contribution in [0.5, 0.6) is 5.75 Å². The molecule has 2 aromatic rings. The Morgan fingerprint density at radius 2 is 2.00 bits per heavy atom. The summed E-state index contributed by atoms with van der Waals surface area (Å²) >= 11 is 1.03. The minimum Gasteiger partial charge on any atom is -0.431 e. The number of carbonyl (C=O) groups is 2. The molecule has 1 N–H and O–H groups in total. The van der Waals surface area contributed by atoms with Gasteiger partial charge in [0.05, 0.1) is 11.7 Å². The molecule has 0 spiro atoms. The molecule has 0 aliphatic heterocycles. The first kappa shape index (κ1) is 17.5. The van der Waals surface area contributed by atoms with Crippen LogP contribution in [0, 0.1) is 4.91 Å². The van der Waals surface area contributed by atoms with Crippen molar-refractivity contribution in [1.29, 1.82) is 0 Å². The highest BCUT2D eigenvalue weighted by Gasteiger charge is 2.19. The van der Waals surface area contributed by atoms with Crippen molar-refractivity contribution in [2.24, 2.45) is 0 Å². The fraction of sp³-hybridized carbons (Fsp3) is 0.267. The maximum absolute atomic E-state index is 12.3. The van der Waals surface area contributed by atoms with Gasteiger partial charge in [-0.25, -0.2) is 9.78 Å². The van der Waals surface area contributed by atoms with Crippen LogP contribution in [0.2, 0.25) is 0 Å². The minimum atomic E-state index is -0.894. The number of nitrogens with one attached hydrogen (secondary N) is 1. The molecule has 126 valence electrons. The number of benzene rings is 1. The molecule has 0 radical (unpaired) electrons. The molecule has 0 aliphatic carbocycles. The van der Waals surface area contributed by atoms with Gasteiger partial charge >= 0.3 is 11.2 Å². The first-order valence-electron chi connectivity index (χ1n) is 7.02. The van der Waals surface area contributed by atoms with Crippen molar-refractivity contribution >= 4 is 33.5 Å². The monoisotopic (exact) mass is 350 g/mol. The van der Waals surface area contributed by atoms with E-state index in [1.54, 1.807) is 26.0 Å². The highest BCUT2D eigenvalue weighted by atomic mass is 32.1. The summed E-state index contributed by atoms with van der Waals surface area (Å²) in [5.41, 5.74) is 0.144. The molecule has 0 fully saturated rings. The number of carbonyl (C=O) groups excluding carboxylic acids is 2. The van der Waals surface area contributed by atoms with Gasteiger partial charge in [0.1, 0.15) is 11.9 Å². The van der Waals surface area contributed by atoms with Gasteiger partial charge in [0.2, 0.25) is 0 Å². The number of amides is 1. The zero-order chi connectivity index (χ0) is 17.7. The number of anilines is 1. The third-order valence-electron chi connectivity index (χ3n) is 2.68. The summed E-state index contributed by atoms with van der Waals surface area (Å²) in [6.45, 7) is 3.37. The van der Waals surface area contributed by atoms with Crippen LogP contribution < -0.4 is 10.1 Å². The van der Waals surface area contributed by atoms with Gasteiger partial charge in [0.25, 0.3) is 5.91 Å². The molecule has 1 heterocycles. The summed E-state index contributed by atoms with van der Waals surface area (Å²) in [4.78, 5) is 39.1. The van der Waals surface area contributed by atoms with Gasteiger partial charge < -0.3 is 9.47 Å². The fourth-order valence-corrected chi connectivity index (χ4v) is 2.36. The Kier molecular flexibility index (Phi) is 5.59. The number of nitroso groups, excluding NO2 is 1. The SMILES string of the molecule is CC(C)OC(=O)Oc1ccccc1C(=O)Nc1ncc([N+](C)=O)s1. The zero-order valence-electron chi connectivity index (χ0n) is 13.3. The summed E-state index contributed by atoms with van der Waals surface area (Å²) in [6, 6.07) is 6.24. The molecule has 1 amide bonds. The third kappa shape index (κ3) is 4.59. The standard InChI is InChI=1S/C15H15N3O5S/c1-9(2)22-15(20)23-11-7-5-4-6-10(11)13(19)17-14-16-8-12(24-14)18(3)21/h4-9H,1-3H3/p+1. The molecule has 0 atom stereocenters. The van der Waals surface area contributed by atoms with Gasteiger partial charge in [-0.2, -0.15) is 0 Å². The van der Waals surface area contributed by atoms with E-state index in [1.165, 1.54) is 25.4 Å². The van der Waals surface area contributed by atoms with Crippen molar-refractivity contribution < 1.29 is 23.8 Å². The van der Waals surface area contributed by atoms with Gasteiger partial charge in [-0.15, -0.1) is 0 Å². The first-order chi connectivity index (χ1) is 11.4. The van der Waals surface area contributed by atoms with E-state index in [-0.39, 0.29) is 22.5 Å². The van der Waals surface area contributed by atoms with Crippen LogP contribution in [0.15, 0.2) is 30.5 Å². The number of ether oxygens (including phenoxy) is 2.